The molecule has 0 bridgehead atoms. The van der Waals surface area contributed by atoms with Gasteiger partial charge in [0.25, 0.3) is 0 Å². The minimum Gasteiger partial charge on any atom is -0.304 e. The van der Waals surface area contributed by atoms with E-state index < -0.39 is 0 Å². The summed E-state index contributed by atoms with van der Waals surface area (Å²) in [6, 6.07) is 10.9. The second-order valence-corrected chi connectivity index (χ2v) is 8.82. The minimum absolute atomic E-state index is 1.12. The van der Waals surface area contributed by atoms with Crippen LogP contribution >= 0.6 is 8.58 Å². The molecule has 0 aromatic heterocycles. The van der Waals surface area contributed by atoms with Crippen molar-refractivity contribution in [3.05, 3.63) is 35.9 Å². The van der Waals surface area contributed by atoms with Crippen LogP contribution in [-0.4, -0.2) is 30.7 Å². The molecule has 158 valence electrons. The summed E-state index contributed by atoms with van der Waals surface area (Å²) in [5.41, 5.74) is 1.51. The number of unbranched alkanes of at least 4 members (excludes halogenated alkanes) is 9. The molecule has 2 heteroatoms. The second-order valence-electron chi connectivity index (χ2n) is 7.46. The highest BCUT2D eigenvalue weighted by Crippen LogP contribution is 2.20. The molecule has 1 unspecified atom stereocenters. The molecule has 0 saturated carbocycles. The van der Waals surface area contributed by atoms with Gasteiger partial charge in [-0.2, -0.15) is 0 Å². The molecule has 0 spiro atoms. The van der Waals surface area contributed by atoms with Gasteiger partial charge in [0.05, 0.1) is 0 Å². The van der Waals surface area contributed by atoms with Crippen LogP contribution in [0.3, 0.4) is 0 Å². The topological polar surface area (TPSA) is 3.24 Å². The van der Waals surface area contributed by atoms with Crippen LogP contribution in [-0.2, 0) is 6.16 Å². The van der Waals surface area contributed by atoms with E-state index in [2.05, 4.69) is 62.9 Å². The average Bonchev–Trinajstić information content (AvgIpc) is 2.71. The van der Waals surface area contributed by atoms with E-state index in [0.29, 0.717) is 0 Å². The Morgan fingerprint density at radius 2 is 1.11 bits per heavy atom. The van der Waals surface area contributed by atoms with Crippen LogP contribution in [0.5, 0.6) is 0 Å². The molecule has 0 saturated heterocycles. The van der Waals surface area contributed by atoms with Gasteiger partial charge in [0.15, 0.2) is 0 Å². The fourth-order valence-corrected chi connectivity index (χ4v) is 4.44. The van der Waals surface area contributed by atoms with Gasteiger partial charge in [0.2, 0.25) is 0 Å². The summed E-state index contributed by atoms with van der Waals surface area (Å²) in [4.78, 5) is 2.38. The van der Waals surface area contributed by atoms with Crippen LogP contribution in [0.4, 0.5) is 0 Å². The lowest BCUT2D eigenvalue weighted by Crippen LogP contribution is -2.21. The lowest BCUT2D eigenvalue weighted by molar-refractivity contribution is 0.321. The molecule has 1 nitrogen and oxygen atoms in total. The molecule has 0 amide bonds. The van der Waals surface area contributed by atoms with Gasteiger partial charge in [-0.3, -0.25) is 0 Å². The first-order chi connectivity index (χ1) is 13.3. The van der Waals surface area contributed by atoms with E-state index in [9.17, 15) is 0 Å². The summed E-state index contributed by atoms with van der Waals surface area (Å²) in [6.07, 6.45) is 17.2. The Bertz CT molecular complexity index is 370. The van der Waals surface area contributed by atoms with Crippen molar-refractivity contribution in [2.75, 3.05) is 25.8 Å². The summed E-state index contributed by atoms with van der Waals surface area (Å²) in [6.45, 7) is 12.4. The van der Waals surface area contributed by atoms with Crippen LogP contribution in [0.15, 0.2) is 30.3 Å². The number of rotatable bonds is 16. The molecule has 0 aliphatic rings. The highest BCUT2D eigenvalue weighted by Gasteiger charge is 1.94. The Morgan fingerprint density at radius 1 is 0.630 bits per heavy atom. The first-order valence-corrected chi connectivity index (χ1v) is 13.2. The van der Waals surface area contributed by atoms with E-state index in [1.807, 2.05) is 0 Å². The molecule has 1 atom stereocenters. The summed E-state index contributed by atoms with van der Waals surface area (Å²) in [5.74, 6) is 0. The number of hydrogen-bond donors (Lipinski definition) is 0. The first-order valence-electron chi connectivity index (χ1n) is 11.7. The average molecular weight is 394 g/mol. The van der Waals surface area contributed by atoms with Crippen molar-refractivity contribution in [3.63, 3.8) is 0 Å². The second kappa shape index (κ2) is 21.9. The molecule has 0 heterocycles. The summed E-state index contributed by atoms with van der Waals surface area (Å²) in [7, 11) is 1.12. The molecule has 0 aliphatic carbocycles. The first kappa shape index (κ1) is 26.6. The highest BCUT2D eigenvalue weighted by molar-refractivity contribution is 7.37. The van der Waals surface area contributed by atoms with Crippen molar-refractivity contribution in [1.29, 1.82) is 0 Å². The van der Waals surface area contributed by atoms with Gasteiger partial charge in [-0.15, -0.1) is 8.58 Å². The van der Waals surface area contributed by atoms with Crippen LogP contribution in [0, 0.1) is 0 Å². The quantitative estimate of drug-likeness (QED) is 0.202. The summed E-state index contributed by atoms with van der Waals surface area (Å²) < 4.78 is 0. The minimum atomic E-state index is 1.12. The lowest BCUT2D eigenvalue weighted by Gasteiger charge is -2.13. The highest BCUT2D eigenvalue weighted by atomic mass is 31.1. The Morgan fingerprint density at radius 3 is 1.56 bits per heavy atom. The van der Waals surface area contributed by atoms with E-state index in [0.717, 1.165) is 8.58 Å². The predicted octanol–water partition coefficient (Wildman–Crippen LogP) is 8.13. The van der Waals surface area contributed by atoms with Gasteiger partial charge in [0, 0.05) is 0 Å². The maximum Gasteiger partial charge on any atom is -0.00474 e. The molecular weight excluding hydrogens is 345 g/mol. The Kier molecular flexibility index (Phi) is 21.6. The van der Waals surface area contributed by atoms with E-state index in [1.54, 1.807) is 0 Å². The Labute approximate surface area is 173 Å². The molecule has 1 aromatic carbocycles. The summed E-state index contributed by atoms with van der Waals surface area (Å²) in [5, 5.41) is 0. The van der Waals surface area contributed by atoms with Crippen LogP contribution in [0.1, 0.15) is 97.5 Å². The van der Waals surface area contributed by atoms with E-state index in [-0.39, 0.29) is 0 Å². The SMILES string of the molecule is CCCCCCCCCCCCPCc1ccccc1.CCN(CC)CC. The van der Waals surface area contributed by atoms with Gasteiger partial charge >= 0.3 is 0 Å². The van der Waals surface area contributed by atoms with Crippen LogP contribution in [0.25, 0.3) is 0 Å². The molecule has 0 fully saturated rings. The molecule has 0 radical (unpaired) electrons. The fraction of sp³-hybridized carbons (Fsp3) is 0.760. The maximum absolute atomic E-state index is 2.38. The van der Waals surface area contributed by atoms with Crippen molar-refractivity contribution in [1.82, 2.24) is 4.90 Å². The van der Waals surface area contributed by atoms with Crippen LogP contribution in [0.2, 0.25) is 0 Å². The molecule has 0 aliphatic heterocycles. The molecule has 1 aromatic rings. The number of hydrogen-bond acceptors (Lipinski definition) is 1. The third-order valence-corrected chi connectivity index (χ3v) is 6.59. The van der Waals surface area contributed by atoms with Gasteiger partial charge < -0.3 is 4.90 Å². The van der Waals surface area contributed by atoms with Crippen molar-refractivity contribution in [2.45, 2.75) is 98.1 Å². The number of nitrogens with zero attached hydrogens (tertiary/aromatic N) is 1. The van der Waals surface area contributed by atoms with Crippen LogP contribution < -0.4 is 0 Å². The zero-order chi connectivity index (χ0) is 20.0. The third kappa shape index (κ3) is 18.7. The number of benzene rings is 1. The predicted molar refractivity (Wildman–Crippen MR) is 129 cm³/mol. The van der Waals surface area contributed by atoms with E-state index in [4.69, 9.17) is 0 Å². The molecule has 1 rings (SSSR count). The van der Waals surface area contributed by atoms with Gasteiger partial charge in [-0.05, 0) is 43.9 Å². The van der Waals surface area contributed by atoms with Gasteiger partial charge in [-0.25, -0.2) is 0 Å². The maximum atomic E-state index is 2.38. The monoisotopic (exact) mass is 393 g/mol. The van der Waals surface area contributed by atoms with Gasteiger partial charge in [-0.1, -0.05) is 116 Å². The van der Waals surface area contributed by atoms with Crippen molar-refractivity contribution >= 4 is 8.58 Å². The zero-order valence-corrected chi connectivity index (χ0v) is 19.9. The molecule has 27 heavy (non-hydrogen) atoms. The third-order valence-electron chi connectivity index (χ3n) is 5.22. The largest absolute Gasteiger partial charge is 0.304 e. The van der Waals surface area contributed by atoms with Crippen molar-refractivity contribution in [2.24, 2.45) is 0 Å². The standard InChI is InChI=1S/C19H33P.C6H15N/c1-2-3-4-5-6-7-8-9-10-14-17-20-18-19-15-12-11-13-16-19;1-4-7(5-2)6-3/h11-13,15-16,20H,2-10,14,17-18H2,1H3;4-6H2,1-3H3. The van der Waals surface area contributed by atoms with E-state index >= 15 is 0 Å². The van der Waals surface area contributed by atoms with Crippen molar-refractivity contribution in [3.8, 4) is 0 Å². The molecular formula is C25H48NP. The lowest BCUT2D eigenvalue weighted by atomic mass is 10.1. The smallest absolute Gasteiger partial charge is 0.00474 e. The van der Waals surface area contributed by atoms with Crippen molar-refractivity contribution < 1.29 is 0 Å². The zero-order valence-electron chi connectivity index (χ0n) is 18.9. The normalized spacial score (nSPS) is 11.1. The summed E-state index contributed by atoms with van der Waals surface area (Å²) >= 11 is 0. The van der Waals surface area contributed by atoms with Gasteiger partial charge in [0.1, 0.15) is 0 Å². The Hall–Kier alpha value is -0.390. The fourth-order valence-electron chi connectivity index (χ4n) is 3.24. The van der Waals surface area contributed by atoms with E-state index in [1.165, 1.54) is 102 Å². The Balaban J connectivity index is 0.000000821. The molecule has 0 N–H and O–H groups in total.